The van der Waals surface area contributed by atoms with Crippen molar-refractivity contribution in [2.75, 3.05) is 26.2 Å². The van der Waals surface area contributed by atoms with Crippen LogP contribution in [0, 0.1) is 17.8 Å². The van der Waals surface area contributed by atoms with Gasteiger partial charge in [0, 0.05) is 32.1 Å². The fourth-order valence-corrected chi connectivity index (χ4v) is 7.14. The number of nitrogens with zero attached hydrogens (tertiary/aromatic N) is 3. The quantitative estimate of drug-likeness (QED) is 0.702. The highest BCUT2D eigenvalue weighted by Gasteiger charge is 2.48. The van der Waals surface area contributed by atoms with Crippen molar-refractivity contribution in [1.29, 1.82) is 0 Å². The first-order valence-electron chi connectivity index (χ1n) is 12.2. The van der Waals surface area contributed by atoms with Gasteiger partial charge >= 0.3 is 0 Å². The molecule has 1 aromatic heterocycles. The van der Waals surface area contributed by atoms with E-state index in [0.717, 1.165) is 37.7 Å². The minimum Gasteiger partial charge on any atom is -0.467 e. The standard InChI is InChI=1S/C25H33N3O3/c29-23-13-20(15-27(23)16-21-6-4-10-31-21)25(30)28-9-3-5-17-11-18-12-19(24(17)28)14-26-8-2-1-7-22(18)26/h4,6,10-11,18-20,22,24H,1-3,5,7-9,12-16H2. The number of carbonyl (C=O) groups excluding carboxylic acids is 2. The fourth-order valence-electron chi connectivity index (χ4n) is 7.14. The molecular formula is C25H33N3O3. The maximum atomic E-state index is 13.7. The molecule has 31 heavy (non-hydrogen) atoms. The number of fused-ring (bicyclic) bond motifs is 6. The number of carbonyl (C=O) groups is 2. The molecule has 0 aromatic carbocycles. The van der Waals surface area contributed by atoms with Gasteiger partial charge in [-0.15, -0.1) is 0 Å². The lowest BCUT2D eigenvalue weighted by Gasteiger charge is -2.55. The van der Waals surface area contributed by atoms with Crippen LogP contribution in [0.4, 0.5) is 0 Å². The van der Waals surface area contributed by atoms with E-state index in [2.05, 4.69) is 15.9 Å². The minimum absolute atomic E-state index is 0.0695. The van der Waals surface area contributed by atoms with Crippen molar-refractivity contribution in [3.05, 3.63) is 35.8 Å². The van der Waals surface area contributed by atoms with E-state index < -0.39 is 0 Å². The number of likely N-dealkylation sites (tertiary alicyclic amines) is 2. The second-order valence-electron chi connectivity index (χ2n) is 10.3. The molecular weight excluding hydrogens is 390 g/mol. The highest BCUT2D eigenvalue weighted by atomic mass is 16.3. The van der Waals surface area contributed by atoms with Crippen molar-refractivity contribution in [2.45, 2.75) is 63.6 Å². The summed E-state index contributed by atoms with van der Waals surface area (Å²) in [4.78, 5) is 33.0. The number of hydrogen-bond acceptors (Lipinski definition) is 4. The minimum atomic E-state index is -0.217. The van der Waals surface area contributed by atoms with Crippen LogP contribution >= 0.6 is 0 Å². The van der Waals surface area contributed by atoms with Crippen LogP contribution in [0.3, 0.4) is 0 Å². The van der Waals surface area contributed by atoms with Gasteiger partial charge in [-0.05, 0) is 62.6 Å². The van der Waals surface area contributed by atoms with Crippen LogP contribution in [0.15, 0.2) is 34.5 Å². The molecule has 0 spiro atoms. The molecule has 4 aliphatic heterocycles. The van der Waals surface area contributed by atoms with Gasteiger partial charge < -0.3 is 14.2 Å². The van der Waals surface area contributed by atoms with E-state index in [-0.39, 0.29) is 23.8 Å². The summed E-state index contributed by atoms with van der Waals surface area (Å²) in [5.41, 5.74) is 1.52. The molecule has 1 aliphatic carbocycles. The second-order valence-corrected chi connectivity index (χ2v) is 10.3. The summed E-state index contributed by atoms with van der Waals surface area (Å²) >= 11 is 0. The number of hydrogen-bond donors (Lipinski definition) is 0. The van der Waals surface area contributed by atoms with E-state index in [4.69, 9.17) is 4.42 Å². The third kappa shape index (κ3) is 3.43. The van der Waals surface area contributed by atoms with Crippen molar-refractivity contribution in [3.63, 3.8) is 0 Å². The van der Waals surface area contributed by atoms with Crippen LogP contribution in [-0.4, -0.2) is 64.8 Å². The molecule has 2 bridgehead atoms. The molecule has 0 saturated carbocycles. The van der Waals surface area contributed by atoms with Crippen molar-refractivity contribution in [1.82, 2.24) is 14.7 Å². The number of piperidine rings is 3. The van der Waals surface area contributed by atoms with Crippen LogP contribution < -0.4 is 0 Å². The summed E-state index contributed by atoms with van der Waals surface area (Å²) in [6.45, 7) is 4.18. The lowest BCUT2D eigenvalue weighted by atomic mass is 9.68. The molecule has 4 saturated heterocycles. The molecule has 0 N–H and O–H groups in total. The Morgan fingerprint density at radius 1 is 1.16 bits per heavy atom. The maximum absolute atomic E-state index is 13.7. The Morgan fingerprint density at radius 2 is 2.10 bits per heavy atom. The smallest absolute Gasteiger partial charge is 0.228 e. The van der Waals surface area contributed by atoms with E-state index in [1.165, 1.54) is 37.8 Å². The van der Waals surface area contributed by atoms with Crippen LogP contribution in [0.2, 0.25) is 0 Å². The zero-order valence-electron chi connectivity index (χ0n) is 18.2. The lowest BCUT2D eigenvalue weighted by Crippen LogP contribution is -2.60. The third-order valence-corrected chi connectivity index (χ3v) is 8.43. The molecule has 6 rings (SSSR count). The van der Waals surface area contributed by atoms with Crippen molar-refractivity contribution >= 4 is 11.8 Å². The molecule has 2 amide bonds. The molecule has 6 heteroatoms. The highest BCUT2D eigenvalue weighted by Crippen LogP contribution is 2.45. The first-order valence-corrected chi connectivity index (χ1v) is 12.2. The van der Waals surface area contributed by atoms with Crippen molar-refractivity contribution in [3.8, 4) is 0 Å². The highest BCUT2D eigenvalue weighted by molar-refractivity contribution is 5.89. The summed E-state index contributed by atoms with van der Waals surface area (Å²) in [6, 6.07) is 4.72. The molecule has 5 aliphatic rings. The van der Waals surface area contributed by atoms with Crippen molar-refractivity contribution < 1.29 is 14.0 Å². The maximum Gasteiger partial charge on any atom is 0.228 e. The Kier molecular flexibility index (Phi) is 4.93. The van der Waals surface area contributed by atoms with Gasteiger partial charge in [0.2, 0.25) is 11.8 Å². The first kappa shape index (κ1) is 19.6. The zero-order valence-corrected chi connectivity index (χ0v) is 18.2. The normalized spacial score (nSPS) is 35.5. The monoisotopic (exact) mass is 423 g/mol. The number of furan rings is 1. The van der Waals surface area contributed by atoms with Gasteiger partial charge in [0.25, 0.3) is 0 Å². The largest absolute Gasteiger partial charge is 0.467 e. The molecule has 5 atom stereocenters. The van der Waals surface area contributed by atoms with Crippen LogP contribution in [0.5, 0.6) is 0 Å². The van der Waals surface area contributed by atoms with Gasteiger partial charge in [0.15, 0.2) is 0 Å². The van der Waals surface area contributed by atoms with Gasteiger partial charge in [-0.2, -0.15) is 0 Å². The van der Waals surface area contributed by atoms with E-state index in [1.54, 1.807) is 11.2 Å². The fraction of sp³-hybridized carbons (Fsp3) is 0.680. The van der Waals surface area contributed by atoms with Crippen molar-refractivity contribution in [2.24, 2.45) is 17.8 Å². The average molecular weight is 424 g/mol. The van der Waals surface area contributed by atoms with E-state index >= 15 is 0 Å². The van der Waals surface area contributed by atoms with Crippen LogP contribution in [0.25, 0.3) is 0 Å². The lowest BCUT2D eigenvalue weighted by molar-refractivity contribution is -0.140. The van der Waals surface area contributed by atoms with Crippen LogP contribution in [-0.2, 0) is 16.1 Å². The van der Waals surface area contributed by atoms with Gasteiger partial charge in [0.1, 0.15) is 5.76 Å². The van der Waals surface area contributed by atoms with Gasteiger partial charge in [0.05, 0.1) is 24.8 Å². The predicted octanol–water partition coefficient (Wildman–Crippen LogP) is 3.05. The molecule has 5 unspecified atom stereocenters. The summed E-state index contributed by atoms with van der Waals surface area (Å²) in [5.74, 6) is 2.06. The predicted molar refractivity (Wildman–Crippen MR) is 116 cm³/mol. The van der Waals surface area contributed by atoms with Crippen LogP contribution in [0.1, 0.15) is 50.7 Å². The van der Waals surface area contributed by atoms with Gasteiger partial charge in [-0.1, -0.05) is 18.1 Å². The summed E-state index contributed by atoms with van der Waals surface area (Å²) in [5, 5.41) is 0. The SMILES string of the molecule is O=C1CC(C(=O)N2CCCC3=CC4CC(CN5CCCCC45)C32)CN1Cc1ccco1. The summed E-state index contributed by atoms with van der Waals surface area (Å²) in [7, 11) is 0. The zero-order chi connectivity index (χ0) is 20.9. The molecule has 6 nitrogen and oxygen atoms in total. The first-order chi connectivity index (χ1) is 15.2. The number of rotatable bonds is 3. The molecule has 4 fully saturated rings. The number of amides is 2. The Balaban J connectivity index is 1.20. The Morgan fingerprint density at radius 3 is 2.97 bits per heavy atom. The van der Waals surface area contributed by atoms with E-state index in [0.29, 0.717) is 31.3 Å². The van der Waals surface area contributed by atoms with E-state index in [9.17, 15) is 9.59 Å². The average Bonchev–Trinajstić information content (AvgIpc) is 3.43. The third-order valence-electron chi connectivity index (χ3n) is 8.43. The van der Waals surface area contributed by atoms with Gasteiger partial charge in [-0.25, -0.2) is 0 Å². The Bertz CT molecular complexity index is 879. The Hall–Kier alpha value is -2.08. The molecule has 0 radical (unpaired) electrons. The summed E-state index contributed by atoms with van der Waals surface area (Å²) < 4.78 is 5.41. The molecule has 1 aromatic rings. The summed E-state index contributed by atoms with van der Waals surface area (Å²) in [6.07, 6.45) is 12.0. The van der Waals surface area contributed by atoms with Gasteiger partial charge in [-0.3, -0.25) is 14.5 Å². The topological polar surface area (TPSA) is 57.0 Å². The second kappa shape index (κ2) is 7.80. The Labute approximate surface area is 184 Å². The molecule has 5 heterocycles. The molecule has 166 valence electrons. The van der Waals surface area contributed by atoms with E-state index in [1.807, 2.05) is 12.1 Å².